The summed E-state index contributed by atoms with van der Waals surface area (Å²) in [6, 6.07) is 7.75. The van der Waals surface area contributed by atoms with Crippen LogP contribution in [0.15, 0.2) is 30.3 Å². The summed E-state index contributed by atoms with van der Waals surface area (Å²) >= 11 is 0. The zero-order valence-corrected chi connectivity index (χ0v) is 11.0. The van der Waals surface area contributed by atoms with Crippen LogP contribution in [0.1, 0.15) is 12.0 Å². The summed E-state index contributed by atoms with van der Waals surface area (Å²) in [6.45, 7) is 1.10. The SMILES string of the molecule is O=C(NC1CCOC1)N[C@@H](Cc1ccccc1)C(=O)O. The number of ether oxygens (including phenoxy) is 1. The fourth-order valence-corrected chi connectivity index (χ4v) is 2.08. The third kappa shape index (κ3) is 4.24. The van der Waals surface area contributed by atoms with Crippen LogP contribution in [0, 0.1) is 0 Å². The molecular formula is C14H18N2O4. The topological polar surface area (TPSA) is 87.7 Å². The number of carboxylic acid groups (broad SMARTS) is 1. The molecule has 1 heterocycles. The summed E-state index contributed by atoms with van der Waals surface area (Å²) in [5.41, 5.74) is 0.865. The Morgan fingerprint density at radius 3 is 2.70 bits per heavy atom. The lowest BCUT2D eigenvalue weighted by Gasteiger charge is -2.17. The van der Waals surface area contributed by atoms with Crippen molar-refractivity contribution in [2.75, 3.05) is 13.2 Å². The van der Waals surface area contributed by atoms with Crippen LogP contribution in [-0.2, 0) is 16.0 Å². The van der Waals surface area contributed by atoms with Crippen LogP contribution in [0.25, 0.3) is 0 Å². The number of hydrogen-bond donors (Lipinski definition) is 3. The maximum absolute atomic E-state index is 11.8. The lowest BCUT2D eigenvalue weighted by Crippen LogP contribution is -2.50. The molecule has 1 unspecified atom stereocenters. The second kappa shape index (κ2) is 6.91. The van der Waals surface area contributed by atoms with Crippen LogP contribution in [0.5, 0.6) is 0 Å². The number of urea groups is 1. The van der Waals surface area contributed by atoms with Crippen molar-refractivity contribution in [1.82, 2.24) is 10.6 Å². The van der Waals surface area contributed by atoms with E-state index in [0.717, 1.165) is 12.0 Å². The number of aliphatic carboxylic acids is 1. The van der Waals surface area contributed by atoms with Gasteiger partial charge in [0.05, 0.1) is 12.6 Å². The molecule has 1 aromatic rings. The largest absolute Gasteiger partial charge is 0.480 e. The van der Waals surface area contributed by atoms with Crippen molar-refractivity contribution in [3.05, 3.63) is 35.9 Å². The van der Waals surface area contributed by atoms with Crippen molar-refractivity contribution < 1.29 is 19.4 Å². The fourth-order valence-electron chi connectivity index (χ4n) is 2.08. The average molecular weight is 278 g/mol. The van der Waals surface area contributed by atoms with Gasteiger partial charge in [0.1, 0.15) is 6.04 Å². The second-order valence-electron chi connectivity index (χ2n) is 4.76. The van der Waals surface area contributed by atoms with E-state index >= 15 is 0 Å². The van der Waals surface area contributed by atoms with Crippen molar-refractivity contribution in [3.8, 4) is 0 Å². The van der Waals surface area contributed by atoms with Gasteiger partial charge in [-0.15, -0.1) is 0 Å². The number of carbonyl (C=O) groups excluding carboxylic acids is 1. The first-order valence-corrected chi connectivity index (χ1v) is 6.56. The minimum atomic E-state index is -1.05. The highest BCUT2D eigenvalue weighted by Gasteiger charge is 2.23. The standard InChI is InChI=1S/C14H18N2O4/c17-13(18)12(8-10-4-2-1-3-5-10)16-14(19)15-11-6-7-20-9-11/h1-5,11-12H,6-9H2,(H,17,18)(H2,15,16,19)/t11?,12-/m0/s1. The van der Waals surface area contributed by atoms with Gasteiger partial charge in [-0.3, -0.25) is 0 Å². The Morgan fingerprint density at radius 2 is 2.10 bits per heavy atom. The lowest BCUT2D eigenvalue weighted by molar-refractivity contribution is -0.139. The van der Waals surface area contributed by atoms with Crippen LogP contribution in [0.4, 0.5) is 4.79 Å². The zero-order valence-electron chi connectivity index (χ0n) is 11.0. The Balaban J connectivity index is 1.88. The molecule has 2 atom stereocenters. The molecule has 1 aliphatic heterocycles. The average Bonchev–Trinajstić information content (AvgIpc) is 2.92. The van der Waals surface area contributed by atoms with Crippen molar-refractivity contribution >= 4 is 12.0 Å². The molecule has 3 N–H and O–H groups in total. The van der Waals surface area contributed by atoms with Crippen LogP contribution in [0.3, 0.4) is 0 Å². The van der Waals surface area contributed by atoms with E-state index in [4.69, 9.17) is 4.74 Å². The third-order valence-electron chi connectivity index (χ3n) is 3.15. The van der Waals surface area contributed by atoms with Gasteiger partial charge in [-0.2, -0.15) is 0 Å². The molecule has 0 aromatic heterocycles. The fraction of sp³-hybridized carbons (Fsp3) is 0.429. The summed E-state index contributed by atoms with van der Waals surface area (Å²) in [7, 11) is 0. The monoisotopic (exact) mass is 278 g/mol. The minimum Gasteiger partial charge on any atom is -0.480 e. The van der Waals surface area contributed by atoms with E-state index in [-0.39, 0.29) is 12.5 Å². The first-order valence-electron chi connectivity index (χ1n) is 6.56. The van der Waals surface area contributed by atoms with E-state index < -0.39 is 18.0 Å². The van der Waals surface area contributed by atoms with Crippen LogP contribution >= 0.6 is 0 Å². The minimum absolute atomic E-state index is 0.0406. The molecule has 0 radical (unpaired) electrons. The lowest BCUT2D eigenvalue weighted by atomic mass is 10.1. The first kappa shape index (κ1) is 14.3. The maximum Gasteiger partial charge on any atom is 0.326 e. The summed E-state index contributed by atoms with van der Waals surface area (Å²) in [5.74, 6) is -1.05. The van der Waals surface area contributed by atoms with Crippen molar-refractivity contribution in [2.45, 2.75) is 24.9 Å². The predicted molar refractivity (Wildman–Crippen MR) is 72.5 cm³/mol. The molecule has 0 aliphatic carbocycles. The van der Waals surface area contributed by atoms with Gasteiger partial charge >= 0.3 is 12.0 Å². The molecular weight excluding hydrogens is 260 g/mol. The Morgan fingerprint density at radius 1 is 1.35 bits per heavy atom. The van der Waals surface area contributed by atoms with Gasteiger partial charge in [0.25, 0.3) is 0 Å². The van der Waals surface area contributed by atoms with E-state index in [1.807, 2.05) is 30.3 Å². The quantitative estimate of drug-likeness (QED) is 0.742. The third-order valence-corrected chi connectivity index (χ3v) is 3.15. The van der Waals surface area contributed by atoms with Gasteiger partial charge in [0, 0.05) is 13.0 Å². The van der Waals surface area contributed by atoms with Gasteiger partial charge in [-0.25, -0.2) is 9.59 Å². The van der Waals surface area contributed by atoms with Crippen molar-refractivity contribution in [1.29, 1.82) is 0 Å². The van der Waals surface area contributed by atoms with E-state index in [1.54, 1.807) is 0 Å². The molecule has 6 heteroatoms. The first-order chi connectivity index (χ1) is 9.65. The Labute approximate surface area is 117 Å². The number of benzene rings is 1. The number of hydrogen-bond acceptors (Lipinski definition) is 3. The van der Waals surface area contributed by atoms with Gasteiger partial charge in [0.15, 0.2) is 0 Å². The Bertz CT molecular complexity index is 458. The number of nitrogens with one attached hydrogen (secondary N) is 2. The molecule has 2 rings (SSSR count). The molecule has 1 aliphatic rings. The normalized spacial score (nSPS) is 19.3. The van der Waals surface area contributed by atoms with Gasteiger partial charge in [-0.1, -0.05) is 30.3 Å². The molecule has 1 saturated heterocycles. The molecule has 2 amide bonds. The van der Waals surface area contributed by atoms with E-state index in [9.17, 15) is 14.7 Å². The van der Waals surface area contributed by atoms with Gasteiger partial charge in [-0.05, 0) is 12.0 Å². The number of carboxylic acids is 1. The Kier molecular flexibility index (Phi) is 4.95. The van der Waals surface area contributed by atoms with Gasteiger partial charge < -0.3 is 20.5 Å². The summed E-state index contributed by atoms with van der Waals surface area (Å²) < 4.78 is 5.15. The number of carbonyl (C=O) groups is 2. The predicted octanol–water partition coefficient (Wildman–Crippen LogP) is 0.770. The maximum atomic E-state index is 11.8. The molecule has 1 aromatic carbocycles. The smallest absolute Gasteiger partial charge is 0.326 e. The highest BCUT2D eigenvalue weighted by atomic mass is 16.5. The number of amides is 2. The molecule has 1 fully saturated rings. The molecule has 0 spiro atoms. The summed E-state index contributed by atoms with van der Waals surface area (Å²) in [5, 5.41) is 14.4. The molecule has 108 valence electrons. The van der Waals surface area contributed by atoms with Crippen LogP contribution in [0.2, 0.25) is 0 Å². The highest BCUT2D eigenvalue weighted by molar-refractivity contribution is 5.82. The van der Waals surface area contributed by atoms with E-state index in [1.165, 1.54) is 0 Å². The second-order valence-corrected chi connectivity index (χ2v) is 4.76. The molecule has 6 nitrogen and oxygen atoms in total. The van der Waals surface area contributed by atoms with Gasteiger partial charge in [0.2, 0.25) is 0 Å². The van der Waals surface area contributed by atoms with Crippen molar-refractivity contribution in [2.24, 2.45) is 0 Å². The summed E-state index contributed by atoms with van der Waals surface area (Å²) in [6.07, 6.45) is 1.01. The molecule has 0 bridgehead atoms. The van der Waals surface area contributed by atoms with E-state index in [0.29, 0.717) is 13.2 Å². The summed E-state index contributed by atoms with van der Waals surface area (Å²) in [4.78, 5) is 23.0. The Hall–Kier alpha value is -2.08. The zero-order chi connectivity index (χ0) is 14.4. The van der Waals surface area contributed by atoms with Crippen LogP contribution < -0.4 is 10.6 Å². The molecule has 20 heavy (non-hydrogen) atoms. The van der Waals surface area contributed by atoms with E-state index in [2.05, 4.69) is 10.6 Å². The number of rotatable bonds is 5. The highest BCUT2D eigenvalue weighted by Crippen LogP contribution is 2.05. The van der Waals surface area contributed by atoms with Crippen molar-refractivity contribution in [3.63, 3.8) is 0 Å². The molecule has 0 saturated carbocycles. The van der Waals surface area contributed by atoms with Crippen LogP contribution in [-0.4, -0.2) is 42.4 Å².